The molecule has 0 spiro atoms. The second kappa shape index (κ2) is 7.12. The van der Waals surface area contributed by atoms with Crippen molar-refractivity contribution < 1.29 is 24.5 Å². The lowest BCUT2D eigenvalue weighted by Gasteiger charge is -2.14. The Hall–Kier alpha value is -3.02. The van der Waals surface area contributed by atoms with Crippen LogP contribution in [0.25, 0.3) is 0 Å². The highest BCUT2D eigenvalue weighted by Crippen LogP contribution is 2.17. The Balaban J connectivity index is 2.03. The third-order valence-corrected chi connectivity index (χ3v) is 2.95. The smallest absolute Gasteiger partial charge is 0.417 e. The van der Waals surface area contributed by atoms with Gasteiger partial charge in [0.2, 0.25) is 0 Å². The van der Waals surface area contributed by atoms with E-state index in [4.69, 9.17) is 14.9 Å². The van der Waals surface area contributed by atoms with E-state index in [-0.39, 0.29) is 6.54 Å². The van der Waals surface area contributed by atoms with Gasteiger partial charge < -0.3 is 14.9 Å². The van der Waals surface area contributed by atoms with Gasteiger partial charge in [0, 0.05) is 0 Å². The Morgan fingerprint density at radius 1 is 0.909 bits per heavy atom. The number of ether oxygens (including phenoxy) is 1. The quantitative estimate of drug-likeness (QED) is 0.883. The molecule has 0 aliphatic heterocycles. The normalized spacial score (nSPS) is 10.0. The van der Waals surface area contributed by atoms with Crippen LogP contribution in [0.5, 0.6) is 5.75 Å². The number of hydrogen-bond donors (Lipinski definition) is 2. The van der Waals surface area contributed by atoms with E-state index in [1.54, 1.807) is 24.3 Å². The number of benzene rings is 2. The number of amides is 2. The molecule has 2 rings (SSSR count). The molecule has 22 heavy (non-hydrogen) atoms. The molecule has 2 aromatic carbocycles. The van der Waals surface area contributed by atoms with Gasteiger partial charge in [-0.05, 0) is 23.3 Å². The van der Waals surface area contributed by atoms with Gasteiger partial charge in [-0.25, -0.2) is 14.5 Å². The molecule has 0 saturated carbocycles. The SMILES string of the molecule is O=C(O)N(Cc1cccc(OCc2ccccc2)c1)C(=O)O. The van der Waals surface area contributed by atoms with E-state index in [9.17, 15) is 9.59 Å². The first-order valence-corrected chi connectivity index (χ1v) is 6.55. The average molecular weight is 301 g/mol. The standard InChI is InChI=1S/C16H15NO5/c18-15(19)17(16(20)21)10-13-7-4-8-14(9-13)22-11-12-5-2-1-3-6-12/h1-9H,10-11H2,(H,18,19)(H,20,21). The minimum Gasteiger partial charge on any atom is -0.489 e. The van der Waals surface area contributed by atoms with Gasteiger partial charge in [-0.2, -0.15) is 0 Å². The Morgan fingerprint density at radius 2 is 1.55 bits per heavy atom. The Labute approximate surface area is 127 Å². The van der Waals surface area contributed by atoms with Crippen LogP contribution in [-0.4, -0.2) is 27.3 Å². The molecule has 114 valence electrons. The summed E-state index contributed by atoms with van der Waals surface area (Å²) in [5.41, 5.74) is 1.54. The summed E-state index contributed by atoms with van der Waals surface area (Å²) >= 11 is 0. The monoisotopic (exact) mass is 301 g/mol. The zero-order valence-electron chi connectivity index (χ0n) is 11.7. The summed E-state index contributed by atoms with van der Waals surface area (Å²) in [6.45, 7) is 0.138. The molecule has 0 radical (unpaired) electrons. The van der Waals surface area contributed by atoms with Crippen LogP contribution in [0, 0.1) is 0 Å². The van der Waals surface area contributed by atoms with Gasteiger partial charge in [-0.1, -0.05) is 42.5 Å². The number of nitrogens with zero attached hydrogens (tertiary/aromatic N) is 1. The van der Waals surface area contributed by atoms with Crippen molar-refractivity contribution in [3.05, 3.63) is 65.7 Å². The zero-order valence-corrected chi connectivity index (χ0v) is 11.7. The molecule has 0 heterocycles. The molecule has 0 fully saturated rings. The van der Waals surface area contributed by atoms with Crippen molar-refractivity contribution in [3.63, 3.8) is 0 Å². The molecule has 2 aromatic rings. The maximum absolute atomic E-state index is 10.9. The summed E-state index contributed by atoms with van der Waals surface area (Å²) in [4.78, 5) is 22.0. The molecule has 0 aliphatic rings. The summed E-state index contributed by atoms with van der Waals surface area (Å²) in [6.07, 6.45) is -3.02. The van der Waals surface area contributed by atoms with Crippen molar-refractivity contribution in [1.29, 1.82) is 0 Å². The third-order valence-electron chi connectivity index (χ3n) is 2.95. The highest BCUT2D eigenvalue weighted by atomic mass is 16.5. The van der Waals surface area contributed by atoms with Gasteiger partial charge >= 0.3 is 12.2 Å². The van der Waals surface area contributed by atoms with Crippen molar-refractivity contribution in [2.75, 3.05) is 0 Å². The lowest BCUT2D eigenvalue weighted by Crippen LogP contribution is -2.33. The van der Waals surface area contributed by atoms with Crippen LogP contribution in [0.3, 0.4) is 0 Å². The van der Waals surface area contributed by atoms with Crippen molar-refractivity contribution >= 4 is 12.2 Å². The van der Waals surface area contributed by atoms with Gasteiger partial charge in [0.25, 0.3) is 0 Å². The second-order valence-electron chi connectivity index (χ2n) is 4.57. The average Bonchev–Trinajstić information content (AvgIpc) is 2.51. The first-order valence-electron chi connectivity index (χ1n) is 6.55. The van der Waals surface area contributed by atoms with Crippen molar-refractivity contribution in [2.45, 2.75) is 13.2 Å². The van der Waals surface area contributed by atoms with Crippen LogP contribution in [0.15, 0.2) is 54.6 Å². The van der Waals surface area contributed by atoms with Crippen LogP contribution >= 0.6 is 0 Å². The first kappa shape index (κ1) is 15.4. The predicted octanol–water partition coefficient (Wildman–Crippen LogP) is 3.42. The van der Waals surface area contributed by atoms with Gasteiger partial charge in [0.1, 0.15) is 12.4 Å². The maximum Gasteiger partial charge on any atom is 0.417 e. The third kappa shape index (κ3) is 4.24. The second-order valence-corrected chi connectivity index (χ2v) is 4.57. The topological polar surface area (TPSA) is 87.1 Å². The minimum absolute atomic E-state index is 0.243. The van der Waals surface area contributed by atoms with Gasteiger partial charge in [-0.15, -0.1) is 0 Å². The van der Waals surface area contributed by atoms with E-state index in [2.05, 4.69) is 0 Å². The van der Waals surface area contributed by atoms with Crippen molar-refractivity contribution in [2.24, 2.45) is 0 Å². The van der Waals surface area contributed by atoms with Crippen LogP contribution in [-0.2, 0) is 13.2 Å². The predicted molar refractivity (Wildman–Crippen MR) is 78.8 cm³/mol. The van der Waals surface area contributed by atoms with Gasteiger partial charge in [-0.3, -0.25) is 0 Å². The molecular weight excluding hydrogens is 286 g/mol. The highest BCUT2D eigenvalue weighted by molar-refractivity contribution is 5.85. The molecule has 2 amide bonds. The van der Waals surface area contributed by atoms with Gasteiger partial charge in [0.15, 0.2) is 0 Å². The number of imide groups is 1. The largest absolute Gasteiger partial charge is 0.489 e. The van der Waals surface area contributed by atoms with E-state index in [1.807, 2.05) is 30.3 Å². The fraction of sp³-hybridized carbons (Fsp3) is 0.125. The summed E-state index contributed by atoms with van der Waals surface area (Å²) in [7, 11) is 0. The first-order chi connectivity index (χ1) is 10.6. The number of carbonyl (C=O) groups is 2. The number of hydrogen-bond acceptors (Lipinski definition) is 3. The van der Waals surface area contributed by atoms with Crippen LogP contribution in [0.2, 0.25) is 0 Å². The van der Waals surface area contributed by atoms with E-state index >= 15 is 0 Å². The van der Waals surface area contributed by atoms with E-state index < -0.39 is 12.2 Å². The van der Waals surface area contributed by atoms with E-state index in [0.29, 0.717) is 22.8 Å². The van der Waals surface area contributed by atoms with Crippen molar-refractivity contribution in [1.82, 2.24) is 4.90 Å². The zero-order chi connectivity index (χ0) is 15.9. The van der Waals surface area contributed by atoms with E-state index in [1.165, 1.54) is 0 Å². The highest BCUT2D eigenvalue weighted by Gasteiger charge is 2.19. The molecule has 0 atom stereocenters. The number of rotatable bonds is 5. The molecule has 0 unspecified atom stereocenters. The maximum atomic E-state index is 10.9. The van der Waals surface area contributed by atoms with Crippen LogP contribution < -0.4 is 4.74 Å². The van der Waals surface area contributed by atoms with Gasteiger partial charge in [0.05, 0.1) is 6.54 Å². The van der Waals surface area contributed by atoms with Crippen LogP contribution in [0.1, 0.15) is 11.1 Å². The fourth-order valence-corrected chi connectivity index (χ4v) is 1.87. The Kier molecular flexibility index (Phi) is 4.98. The summed E-state index contributed by atoms with van der Waals surface area (Å²) in [5, 5.41) is 17.7. The molecule has 6 nitrogen and oxygen atoms in total. The number of carboxylic acid groups (broad SMARTS) is 2. The molecule has 0 aromatic heterocycles. The fourth-order valence-electron chi connectivity index (χ4n) is 1.87. The molecule has 0 bridgehead atoms. The Bertz CT molecular complexity index is 643. The van der Waals surface area contributed by atoms with E-state index in [0.717, 1.165) is 5.56 Å². The summed E-state index contributed by atoms with van der Waals surface area (Å²) in [6, 6.07) is 16.3. The lowest BCUT2D eigenvalue weighted by molar-refractivity contribution is 0.120. The lowest BCUT2D eigenvalue weighted by atomic mass is 10.2. The summed E-state index contributed by atoms with van der Waals surface area (Å²) < 4.78 is 5.62. The molecule has 6 heteroatoms. The Morgan fingerprint density at radius 3 is 2.18 bits per heavy atom. The van der Waals surface area contributed by atoms with Crippen molar-refractivity contribution in [3.8, 4) is 5.75 Å². The molecule has 0 aliphatic carbocycles. The minimum atomic E-state index is -1.51. The molecule has 2 N–H and O–H groups in total. The van der Waals surface area contributed by atoms with Crippen LogP contribution in [0.4, 0.5) is 9.59 Å². The molecule has 0 saturated heterocycles. The summed E-state index contributed by atoms with van der Waals surface area (Å²) in [5.74, 6) is 0.553. The molecular formula is C16H15NO5.